The van der Waals surface area contributed by atoms with Gasteiger partial charge in [0, 0.05) is 25.7 Å². The minimum Gasteiger partial charge on any atom is -0.481 e. The second kappa shape index (κ2) is 5.57. The number of hydrogen-bond acceptors (Lipinski definition) is 3. The number of rotatable bonds is 6. The first-order valence-electron chi connectivity index (χ1n) is 7.23. The fourth-order valence-electron chi connectivity index (χ4n) is 3.46. The minimum absolute atomic E-state index is 0.120. The summed E-state index contributed by atoms with van der Waals surface area (Å²) in [7, 11) is 0. The van der Waals surface area contributed by atoms with Gasteiger partial charge in [-0.1, -0.05) is 26.7 Å². The van der Waals surface area contributed by atoms with Crippen LogP contribution in [0.5, 0.6) is 0 Å². The van der Waals surface area contributed by atoms with Crippen molar-refractivity contribution in [2.75, 3.05) is 19.6 Å². The van der Waals surface area contributed by atoms with Gasteiger partial charge in [-0.2, -0.15) is 0 Å². The molecule has 0 spiro atoms. The van der Waals surface area contributed by atoms with Gasteiger partial charge in [-0.25, -0.2) is 0 Å². The molecule has 2 N–H and O–H groups in total. The van der Waals surface area contributed by atoms with Crippen molar-refractivity contribution in [1.82, 2.24) is 10.2 Å². The number of carboxylic acids is 1. The largest absolute Gasteiger partial charge is 0.481 e. The maximum atomic E-state index is 11.2. The Balaban J connectivity index is 2.12. The summed E-state index contributed by atoms with van der Waals surface area (Å²) in [4.78, 5) is 13.7. The van der Waals surface area contributed by atoms with Crippen LogP contribution in [0.25, 0.3) is 0 Å². The SMILES string of the molecule is CC(C)CN(C1CCCC1)C1(CC(=O)O)CNC1. The van der Waals surface area contributed by atoms with Gasteiger partial charge in [-0.05, 0) is 18.8 Å². The maximum absolute atomic E-state index is 11.2. The third-order valence-electron chi connectivity index (χ3n) is 4.32. The quantitative estimate of drug-likeness (QED) is 0.757. The van der Waals surface area contributed by atoms with Gasteiger partial charge in [-0.15, -0.1) is 0 Å². The maximum Gasteiger partial charge on any atom is 0.305 e. The van der Waals surface area contributed by atoms with E-state index in [0.717, 1.165) is 19.6 Å². The van der Waals surface area contributed by atoms with Crippen LogP contribution in [-0.2, 0) is 4.79 Å². The van der Waals surface area contributed by atoms with E-state index in [1.54, 1.807) is 0 Å². The molecule has 0 atom stereocenters. The van der Waals surface area contributed by atoms with E-state index >= 15 is 0 Å². The molecule has 0 bridgehead atoms. The number of nitrogens with one attached hydrogen (secondary N) is 1. The predicted octanol–water partition coefficient (Wildman–Crippen LogP) is 1.70. The third-order valence-corrected chi connectivity index (χ3v) is 4.32. The molecule has 18 heavy (non-hydrogen) atoms. The predicted molar refractivity (Wildman–Crippen MR) is 71.7 cm³/mol. The van der Waals surface area contributed by atoms with Crippen LogP contribution in [0.2, 0.25) is 0 Å². The third kappa shape index (κ3) is 2.86. The molecule has 0 aromatic heterocycles. The Hall–Kier alpha value is -0.610. The monoisotopic (exact) mass is 254 g/mol. The minimum atomic E-state index is -0.664. The summed E-state index contributed by atoms with van der Waals surface area (Å²) in [5.74, 6) is -0.0693. The van der Waals surface area contributed by atoms with Gasteiger partial charge in [0.05, 0.1) is 12.0 Å². The Morgan fingerprint density at radius 3 is 2.39 bits per heavy atom. The van der Waals surface area contributed by atoms with E-state index in [-0.39, 0.29) is 12.0 Å². The van der Waals surface area contributed by atoms with Crippen LogP contribution >= 0.6 is 0 Å². The van der Waals surface area contributed by atoms with Crippen LogP contribution in [0.4, 0.5) is 0 Å². The summed E-state index contributed by atoms with van der Waals surface area (Å²) >= 11 is 0. The summed E-state index contributed by atoms with van der Waals surface area (Å²) in [6.07, 6.45) is 5.37. The van der Waals surface area contributed by atoms with E-state index in [9.17, 15) is 9.90 Å². The molecule has 1 saturated carbocycles. The highest BCUT2D eigenvalue weighted by molar-refractivity contribution is 5.69. The Morgan fingerprint density at radius 1 is 1.39 bits per heavy atom. The van der Waals surface area contributed by atoms with Gasteiger partial charge in [-0.3, -0.25) is 9.69 Å². The van der Waals surface area contributed by atoms with Crippen molar-refractivity contribution < 1.29 is 9.90 Å². The summed E-state index contributed by atoms with van der Waals surface area (Å²) in [5, 5.41) is 12.5. The second-order valence-electron chi connectivity index (χ2n) is 6.38. The topological polar surface area (TPSA) is 52.6 Å². The normalized spacial score (nSPS) is 23.6. The van der Waals surface area contributed by atoms with Crippen molar-refractivity contribution in [1.29, 1.82) is 0 Å². The van der Waals surface area contributed by atoms with Crippen LogP contribution in [0, 0.1) is 5.92 Å². The smallest absolute Gasteiger partial charge is 0.305 e. The summed E-state index contributed by atoms with van der Waals surface area (Å²) in [6.45, 7) is 7.15. The highest BCUT2D eigenvalue weighted by Gasteiger charge is 2.47. The molecule has 0 amide bonds. The molecule has 1 heterocycles. The standard InChI is InChI=1S/C14H26N2O2/c1-11(2)8-16(12-5-3-4-6-12)14(7-13(17)18)9-15-10-14/h11-12,15H,3-10H2,1-2H3,(H,17,18). The van der Waals surface area contributed by atoms with Crippen molar-refractivity contribution in [2.45, 2.75) is 57.5 Å². The molecule has 1 saturated heterocycles. The Kier molecular flexibility index (Phi) is 4.28. The molecule has 0 unspecified atom stereocenters. The second-order valence-corrected chi connectivity index (χ2v) is 6.38. The van der Waals surface area contributed by atoms with E-state index in [1.165, 1.54) is 25.7 Å². The van der Waals surface area contributed by atoms with Gasteiger partial charge in [0.15, 0.2) is 0 Å². The summed E-state index contributed by atoms with van der Waals surface area (Å²) in [5.41, 5.74) is -0.120. The molecule has 1 aliphatic heterocycles. The fourth-order valence-corrected chi connectivity index (χ4v) is 3.46. The average Bonchev–Trinajstić information content (AvgIpc) is 2.72. The van der Waals surface area contributed by atoms with E-state index in [2.05, 4.69) is 24.1 Å². The molecule has 1 aliphatic carbocycles. The number of carboxylic acid groups (broad SMARTS) is 1. The summed E-state index contributed by atoms with van der Waals surface area (Å²) < 4.78 is 0. The molecule has 0 radical (unpaired) electrons. The molecule has 2 fully saturated rings. The van der Waals surface area contributed by atoms with Crippen LogP contribution in [0.15, 0.2) is 0 Å². The molecule has 0 aromatic carbocycles. The van der Waals surface area contributed by atoms with Crippen molar-refractivity contribution in [3.05, 3.63) is 0 Å². The molecular weight excluding hydrogens is 228 g/mol. The molecule has 2 aliphatic rings. The number of carbonyl (C=O) groups is 1. The van der Waals surface area contributed by atoms with Crippen molar-refractivity contribution in [3.63, 3.8) is 0 Å². The van der Waals surface area contributed by atoms with Crippen LogP contribution in [0.3, 0.4) is 0 Å². The Labute approximate surface area is 110 Å². The zero-order valence-electron chi connectivity index (χ0n) is 11.6. The number of nitrogens with zero attached hydrogens (tertiary/aromatic N) is 1. The van der Waals surface area contributed by atoms with E-state index in [0.29, 0.717) is 12.0 Å². The Morgan fingerprint density at radius 2 is 2.00 bits per heavy atom. The molecule has 4 nitrogen and oxygen atoms in total. The lowest BCUT2D eigenvalue weighted by Gasteiger charge is -2.53. The first-order valence-corrected chi connectivity index (χ1v) is 7.23. The van der Waals surface area contributed by atoms with Crippen molar-refractivity contribution >= 4 is 5.97 Å². The average molecular weight is 254 g/mol. The van der Waals surface area contributed by atoms with E-state index in [1.807, 2.05) is 0 Å². The zero-order valence-corrected chi connectivity index (χ0v) is 11.6. The van der Waals surface area contributed by atoms with Crippen molar-refractivity contribution in [2.24, 2.45) is 5.92 Å². The molecule has 2 rings (SSSR count). The Bertz CT molecular complexity index is 294. The lowest BCUT2D eigenvalue weighted by molar-refractivity contribution is -0.143. The van der Waals surface area contributed by atoms with Gasteiger partial charge in [0.2, 0.25) is 0 Å². The van der Waals surface area contributed by atoms with E-state index < -0.39 is 5.97 Å². The van der Waals surface area contributed by atoms with Crippen LogP contribution in [0.1, 0.15) is 46.0 Å². The molecular formula is C14H26N2O2. The lowest BCUT2D eigenvalue weighted by atomic mass is 9.84. The van der Waals surface area contributed by atoms with Crippen molar-refractivity contribution in [3.8, 4) is 0 Å². The first-order chi connectivity index (χ1) is 8.53. The summed E-state index contributed by atoms with van der Waals surface area (Å²) in [6, 6.07) is 0.605. The van der Waals surface area contributed by atoms with Crippen LogP contribution < -0.4 is 5.32 Å². The highest BCUT2D eigenvalue weighted by Crippen LogP contribution is 2.34. The van der Waals surface area contributed by atoms with Crippen LogP contribution in [-0.4, -0.2) is 47.2 Å². The number of hydrogen-bond donors (Lipinski definition) is 2. The highest BCUT2D eigenvalue weighted by atomic mass is 16.4. The lowest BCUT2D eigenvalue weighted by Crippen LogP contribution is -2.71. The van der Waals surface area contributed by atoms with Gasteiger partial charge < -0.3 is 10.4 Å². The molecule has 0 aromatic rings. The van der Waals surface area contributed by atoms with E-state index in [4.69, 9.17) is 0 Å². The van der Waals surface area contributed by atoms with Gasteiger partial charge in [0.1, 0.15) is 0 Å². The van der Waals surface area contributed by atoms with Gasteiger partial charge in [0.25, 0.3) is 0 Å². The molecule has 104 valence electrons. The van der Waals surface area contributed by atoms with Gasteiger partial charge >= 0.3 is 5.97 Å². The first kappa shape index (κ1) is 13.8. The zero-order chi connectivity index (χ0) is 13.2. The fraction of sp³-hybridized carbons (Fsp3) is 0.929. The molecule has 4 heteroatoms. The number of aliphatic carboxylic acids is 1.